The standard InChI is InChI=1S/C14H12BrNO4S/c15-10-5-6-21-12(10)13(18)16-11(14(19)20)7-8-1-3-9(17)4-2-8/h1-6,11,17H,7H2,(H,16,18)(H,19,20)/t11-/m1/s1. The molecule has 0 saturated heterocycles. The number of rotatable bonds is 5. The van der Waals surface area contributed by atoms with Crippen molar-refractivity contribution in [2.45, 2.75) is 12.5 Å². The largest absolute Gasteiger partial charge is 0.508 e. The summed E-state index contributed by atoms with van der Waals surface area (Å²) in [5.41, 5.74) is 0.714. The van der Waals surface area contributed by atoms with Crippen molar-refractivity contribution in [2.24, 2.45) is 0 Å². The van der Waals surface area contributed by atoms with E-state index < -0.39 is 17.9 Å². The number of aromatic hydroxyl groups is 1. The molecule has 0 spiro atoms. The van der Waals surface area contributed by atoms with Gasteiger partial charge in [0.2, 0.25) is 0 Å². The molecule has 5 nitrogen and oxygen atoms in total. The SMILES string of the molecule is O=C(N[C@H](Cc1ccc(O)cc1)C(=O)O)c1sccc1Br. The van der Waals surface area contributed by atoms with Crippen LogP contribution in [0.3, 0.4) is 0 Å². The number of hydrogen-bond donors (Lipinski definition) is 3. The van der Waals surface area contributed by atoms with Gasteiger partial charge in [-0.05, 0) is 45.1 Å². The van der Waals surface area contributed by atoms with Crippen molar-refractivity contribution in [1.29, 1.82) is 0 Å². The van der Waals surface area contributed by atoms with Crippen LogP contribution in [0.15, 0.2) is 40.2 Å². The Balaban J connectivity index is 2.09. The second-order valence-electron chi connectivity index (χ2n) is 4.33. The highest BCUT2D eigenvalue weighted by Gasteiger charge is 2.22. The van der Waals surface area contributed by atoms with Gasteiger partial charge in [0.25, 0.3) is 5.91 Å². The first-order valence-corrected chi connectivity index (χ1v) is 7.69. The monoisotopic (exact) mass is 369 g/mol. The summed E-state index contributed by atoms with van der Waals surface area (Å²) < 4.78 is 0.638. The second-order valence-corrected chi connectivity index (χ2v) is 6.10. The molecule has 0 saturated carbocycles. The zero-order valence-corrected chi connectivity index (χ0v) is 13.1. The Morgan fingerprint density at radius 3 is 2.43 bits per heavy atom. The van der Waals surface area contributed by atoms with Crippen LogP contribution in [0.5, 0.6) is 5.75 Å². The molecule has 0 aliphatic heterocycles. The maximum absolute atomic E-state index is 12.1. The van der Waals surface area contributed by atoms with Gasteiger partial charge in [-0.25, -0.2) is 4.79 Å². The Labute approximate surface area is 133 Å². The predicted molar refractivity (Wildman–Crippen MR) is 82.7 cm³/mol. The van der Waals surface area contributed by atoms with Crippen LogP contribution in [-0.4, -0.2) is 28.1 Å². The van der Waals surface area contributed by atoms with Crippen molar-refractivity contribution in [2.75, 3.05) is 0 Å². The van der Waals surface area contributed by atoms with Crippen molar-refractivity contribution >= 4 is 39.1 Å². The van der Waals surface area contributed by atoms with Crippen molar-refractivity contribution in [3.63, 3.8) is 0 Å². The summed E-state index contributed by atoms with van der Waals surface area (Å²) in [7, 11) is 0. The average molecular weight is 370 g/mol. The minimum Gasteiger partial charge on any atom is -0.508 e. The van der Waals surface area contributed by atoms with Gasteiger partial charge in [-0.1, -0.05) is 12.1 Å². The smallest absolute Gasteiger partial charge is 0.326 e. The average Bonchev–Trinajstić information content (AvgIpc) is 2.86. The predicted octanol–water partition coefficient (Wildman–Crippen LogP) is 2.64. The number of amides is 1. The number of halogens is 1. The van der Waals surface area contributed by atoms with Gasteiger partial charge in [-0.3, -0.25) is 4.79 Å². The Morgan fingerprint density at radius 2 is 1.90 bits per heavy atom. The molecule has 1 heterocycles. The summed E-state index contributed by atoms with van der Waals surface area (Å²) in [6.45, 7) is 0. The summed E-state index contributed by atoms with van der Waals surface area (Å²) in [6.07, 6.45) is 0.143. The van der Waals surface area contributed by atoms with Gasteiger partial charge >= 0.3 is 5.97 Å². The molecule has 1 aromatic heterocycles. The molecule has 3 N–H and O–H groups in total. The van der Waals surface area contributed by atoms with Crippen LogP contribution in [0.4, 0.5) is 0 Å². The van der Waals surface area contributed by atoms with Gasteiger partial charge in [0, 0.05) is 10.9 Å². The maximum atomic E-state index is 12.1. The number of carboxylic acid groups (broad SMARTS) is 1. The lowest BCUT2D eigenvalue weighted by Crippen LogP contribution is -2.42. The summed E-state index contributed by atoms with van der Waals surface area (Å²) in [6, 6.07) is 6.90. The lowest BCUT2D eigenvalue weighted by molar-refractivity contribution is -0.139. The van der Waals surface area contributed by atoms with Crippen LogP contribution in [-0.2, 0) is 11.2 Å². The van der Waals surface area contributed by atoms with Crippen LogP contribution in [0.1, 0.15) is 15.2 Å². The van der Waals surface area contributed by atoms with Gasteiger partial charge in [0.1, 0.15) is 16.7 Å². The van der Waals surface area contributed by atoms with E-state index in [1.165, 1.54) is 23.5 Å². The summed E-state index contributed by atoms with van der Waals surface area (Å²) >= 11 is 4.48. The van der Waals surface area contributed by atoms with Crippen LogP contribution >= 0.6 is 27.3 Å². The quantitative estimate of drug-likeness (QED) is 0.755. The molecule has 0 bridgehead atoms. The zero-order chi connectivity index (χ0) is 15.4. The third-order valence-electron chi connectivity index (χ3n) is 2.80. The van der Waals surface area contributed by atoms with E-state index in [1.54, 1.807) is 23.6 Å². The van der Waals surface area contributed by atoms with E-state index >= 15 is 0 Å². The highest BCUT2D eigenvalue weighted by atomic mass is 79.9. The van der Waals surface area contributed by atoms with Crippen molar-refractivity contribution in [1.82, 2.24) is 5.32 Å². The molecule has 1 amide bonds. The minimum atomic E-state index is -1.11. The molecule has 0 unspecified atom stereocenters. The first kappa shape index (κ1) is 15.5. The normalized spacial score (nSPS) is 11.9. The second kappa shape index (κ2) is 6.73. The number of thiophene rings is 1. The topological polar surface area (TPSA) is 86.6 Å². The fourth-order valence-corrected chi connectivity index (χ4v) is 3.20. The number of carbonyl (C=O) groups excluding carboxylic acids is 1. The van der Waals surface area contributed by atoms with Crippen LogP contribution in [0.2, 0.25) is 0 Å². The van der Waals surface area contributed by atoms with Crippen LogP contribution < -0.4 is 5.32 Å². The first-order valence-electron chi connectivity index (χ1n) is 6.02. The number of aliphatic carboxylic acids is 1. The molecule has 0 fully saturated rings. The number of carbonyl (C=O) groups is 2. The fraction of sp³-hybridized carbons (Fsp3) is 0.143. The summed E-state index contributed by atoms with van der Waals surface area (Å²) in [5, 5.41) is 22.7. The number of carboxylic acids is 1. The van der Waals surface area contributed by atoms with Crippen molar-refractivity contribution < 1.29 is 19.8 Å². The van der Waals surface area contributed by atoms with E-state index in [9.17, 15) is 19.8 Å². The maximum Gasteiger partial charge on any atom is 0.326 e. The molecule has 1 aromatic carbocycles. The molecule has 0 aliphatic rings. The number of phenolic OH excluding ortho intramolecular Hbond substituents is 1. The van der Waals surface area contributed by atoms with E-state index in [2.05, 4.69) is 21.2 Å². The Morgan fingerprint density at radius 1 is 1.24 bits per heavy atom. The van der Waals surface area contributed by atoms with Gasteiger partial charge < -0.3 is 15.5 Å². The van der Waals surface area contributed by atoms with Crippen LogP contribution in [0, 0.1) is 0 Å². The summed E-state index contributed by atoms with van der Waals surface area (Å²) in [4.78, 5) is 23.8. The van der Waals surface area contributed by atoms with Gasteiger partial charge in [-0.2, -0.15) is 0 Å². The third-order valence-corrected chi connectivity index (χ3v) is 4.64. The number of benzene rings is 1. The third kappa shape index (κ3) is 4.05. The van der Waals surface area contributed by atoms with Crippen molar-refractivity contribution in [3.8, 4) is 5.75 Å². The lowest BCUT2D eigenvalue weighted by Gasteiger charge is -2.14. The van der Waals surface area contributed by atoms with Gasteiger partial charge in [0.05, 0.1) is 0 Å². The molecule has 1 atom stereocenters. The molecular weight excluding hydrogens is 358 g/mol. The molecule has 21 heavy (non-hydrogen) atoms. The molecular formula is C14H12BrNO4S. The van der Waals surface area contributed by atoms with E-state index in [1.807, 2.05) is 0 Å². The summed E-state index contributed by atoms with van der Waals surface area (Å²) in [5.74, 6) is -1.43. The highest BCUT2D eigenvalue weighted by molar-refractivity contribution is 9.10. The number of phenols is 1. The van der Waals surface area contributed by atoms with E-state index in [-0.39, 0.29) is 12.2 Å². The van der Waals surface area contributed by atoms with E-state index in [4.69, 9.17) is 0 Å². The van der Waals surface area contributed by atoms with Gasteiger partial charge in [0.15, 0.2) is 0 Å². The molecule has 2 aromatic rings. The molecule has 7 heteroatoms. The Bertz CT molecular complexity index is 653. The zero-order valence-electron chi connectivity index (χ0n) is 10.7. The molecule has 110 valence electrons. The van der Waals surface area contributed by atoms with E-state index in [0.717, 1.165) is 0 Å². The molecule has 2 rings (SSSR count). The van der Waals surface area contributed by atoms with Crippen molar-refractivity contribution in [3.05, 3.63) is 50.6 Å². The fourth-order valence-electron chi connectivity index (χ4n) is 1.75. The lowest BCUT2D eigenvalue weighted by atomic mass is 10.1. The highest BCUT2D eigenvalue weighted by Crippen LogP contribution is 2.22. The minimum absolute atomic E-state index is 0.108. The molecule has 0 aliphatic carbocycles. The molecule has 0 radical (unpaired) electrons. The van der Waals surface area contributed by atoms with Crippen LogP contribution in [0.25, 0.3) is 0 Å². The Kier molecular flexibility index (Phi) is 4.98. The Hall–Kier alpha value is -1.86. The first-order chi connectivity index (χ1) is 9.97. The van der Waals surface area contributed by atoms with E-state index in [0.29, 0.717) is 14.9 Å². The number of nitrogens with one attached hydrogen (secondary N) is 1. The number of hydrogen-bond acceptors (Lipinski definition) is 4. The van der Waals surface area contributed by atoms with Gasteiger partial charge in [-0.15, -0.1) is 11.3 Å².